The average molecular weight is 522 g/mol. The third-order valence-corrected chi connectivity index (χ3v) is 5.37. The van der Waals surface area contributed by atoms with Gasteiger partial charge in [0, 0.05) is 12.1 Å². The van der Waals surface area contributed by atoms with Crippen LogP contribution in [-0.4, -0.2) is 69.5 Å². The highest BCUT2D eigenvalue weighted by Crippen LogP contribution is 2.32. The number of amides is 3. The Bertz CT molecular complexity index is 1070. The van der Waals surface area contributed by atoms with E-state index in [9.17, 15) is 29.7 Å². The second kappa shape index (κ2) is 12.6. The number of nitrogens with one attached hydrogen (secondary N) is 2. The minimum atomic E-state index is -1.49. The minimum Gasteiger partial charge on any atom is -0.508 e. The Morgan fingerprint density at radius 2 is 1.75 bits per heavy atom. The highest BCUT2D eigenvalue weighted by molar-refractivity contribution is 6.34. The second-order valence-corrected chi connectivity index (χ2v) is 9.43. The second-order valence-electron chi connectivity index (χ2n) is 9.02. The molecule has 0 aliphatic rings. The SMILES string of the molecule is Cc1cccc(Cl)c1NC(=O)C(c1ccccc1O)N(CCO)C(=O)C(CO)NC(=O)OC(C)(C)C. The summed E-state index contributed by atoms with van der Waals surface area (Å²) < 4.78 is 5.16. The van der Waals surface area contributed by atoms with Gasteiger partial charge in [-0.3, -0.25) is 9.59 Å². The third kappa shape index (κ3) is 7.58. The Morgan fingerprint density at radius 3 is 2.31 bits per heavy atom. The van der Waals surface area contributed by atoms with Gasteiger partial charge in [0.1, 0.15) is 23.4 Å². The fourth-order valence-corrected chi connectivity index (χ4v) is 3.73. The number of rotatable bonds is 9. The quantitative estimate of drug-likeness (QED) is 0.340. The number of aromatic hydroxyl groups is 1. The predicted octanol–water partition coefficient (Wildman–Crippen LogP) is 2.74. The summed E-state index contributed by atoms with van der Waals surface area (Å²) in [7, 11) is 0. The number of carbonyl (C=O) groups is 3. The van der Waals surface area contributed by atoms with Crippen LogP contribution in [0.25, 0.3) is 0 Å². The lowest BCUT2D eigenvalue weighted by atomic mass is 10.0. The molecule has 36 heavy (non-hydrogen) atoms. The van der Waals surface area contributed by atoms with Gasteiger partial charge in [0.05, 0.1) is 23.9 Å². The molecule has 3 amide bonds. The predicted molar refractivity (Wildman–Crippen MR) is 135 cm³/mol. The lowest BCUT2D eigenvalue weighted by Crippen LogP contribution is -2.54. The van der Waals surface area contributed by atoms with Crippen LogP contribution in [0.1, 0.15) is 37.9 Å². The lowest BCUT2D eigenvalue weighted by molar-refractivity contribution is -0.142. The summed E-state index contributed by atoms with van der Waals surface area (Å²) in [6.45, 7) is 4.94. The van der Waals surface area contributed by atoms with Gasteiger partial charge in [0.25, 0.3) is 5.91 Å². The number of nitrogens with zero attached hydrogens (tertiary/aromatic N) is 1. The van der Waals surface area contributed by atoms with Gasteiger partial charge in [-0.1, -0.05) is 41.9 Å². The Kier molecular flexibility index (Phi) is 10.1. The summed E-state index contributed by atoms with van der Waals surface area (Å²) in [6, 6.07) is 8.01. The molecule has 0 saturated carbocycles. The largest absolute Gasteiger partial charge is 0.508 e. The number of aliphatic hydroxyl groups is 2. The molecule has 0 heterocycles. The number of hydrogen-bond acceptors (Lipinski definition) is 7. The normalized spacial score (nSPS) is 12.9. The van der Waals surface area contributed by atoms with E-state index in [0.29, 0.717) is 11.3 Å². The van der Waals surface area contributed by atoms with Gasteiger partial charge < -0.3 is 35.6 Å². The molecule has 2 rings (SSSR count). The molecule has 2 aromatic carbocycles. The zero-order valence-corrected chi connectivity index (χ0v) is 21.4. The Hall–Kier alpha value is -3.34. The smallest absolute Gasteiger partial charge is 0.408 e. The molecule has 2 aromatic rings. The van der Waals surface area contributed by atoms with Crippen molar-refractivity contribution in [2.45, 2.75) is 45.4 Å². The standard InChI is InChI=1S/C25H32ClN3O7/c1-15-8-7-10-17(26)20(15)28-22(33)21(16-9-5-6-11-19(16)32)29(12-13-30)23(34)18(14-31)27-24(35)36-25(2,3)4/h5-11,18,21,30-32H,12-14H2,1-4H3,(H,27,35)(H,28,33). The van der Waals surface area contributed by atoms with Gasteiger partial charge in [-0.25, -0.2) is 4.79 Å². The van der Waals surface area contributed by atoms with Gasteiger partial charge in [0.15, 0.2) is 0 Å². The number of hydrogen-bond donors (Lipinski definition) is 5. The van der Waals surface area contributed by atoms with Crippen molar-refractivity contribution in [3.63, 3.8) is 0 Å². The van der Waals surface area contributed by atoms with E-state index in [1.165, 1.54) is 12.1 Å². The van der Waals surface area contributed by atoms with E-state index in [1.807, 2.05) is 0 Å². The monoisotopic (exact) mass is 521 g/mol. The first-order chi connectivity index (χ1) is 16.9. The van der Waals surface area contributed by atoms with Gasteiger partial charge in [-0.05, 0) is 45.4 Å². The van der Waals surface area contributed by atoms with Crippen LogP contribution in [0.15, 0.2) is 42.5 Å². The molecular weight excluding hydrogens is 490 g/mol. The van der Waals surface area contributed by atoms with Crippen LogP contribution in [0.3, 0.4) is 0 Å². The number of phenolic OH excluding ortho intramolecular Hbond substituents is 1. The molecule has 2 atom stereocenters. The number of para-hydroxylation sites is 2. The molecule has 196 valence electrons. The van der Waals surface area contributed by atoms with E-state index in [2.05, 4.69) is 10.6 Å². The Labute approximate surface area is 214 Å². The summed E-state index contributed by atoms with van der Waals surface area (Å²) >= 11 is 6.26. The molecule has 0 bridgehead atoms. The summed E-state index contributed by atoms with van der Waals surface area (Å²) in [6.07, 6.45) is -0.950. The van der Waals surface area contributed by atoms with Crippen molar-refractivity contribution in [3.8, 4) is 5.75 Å². The zero-order valence-electron chi connectivity index (χ0n) is 20.6. The van der Waals surface area contributed by atoms with E-state index in [4.69, 9.17) is 16.3 Å². The number of benzene rings is 2. The summed E-state index contributed by atoms with van der Waals surface area (Å²) in [5.41, 5.74) is 0.178. The molecule has 0 fully saturated rings. The number of phenols is 1. The van der Waals surface area contributed by atoms with Crippen molar-refractivity contribution in [2.75, 3.05) is 25.1 Å². The number of aryl methyl sites for hydroxylation is 1. The van der Waals surface area contributed by atoms with Crippen molar-refractivity contribution in [2.24, 2.45) is 0 Å². The summed E-state index contributed by atoms with van der Waals surface area (Å²) in [4.78, 5) is 40.3. The van der Waals surface area contributed by atoms with Crippen molar-refractivity contribution in [1.82, 2.24) is 10.2 Å². The van der Waals surface area contributed by atoms with E-state index in [0.717, 1.165) is 4.90 Å². The van der Waals surface area contributed by atoms with Crippen LogP contribution in [-0.2, 0) is 14.3 Å². The first kappa shape index (κ1) is 28.9. The number of ether oxygens (including phenoxy) is 1. The maximum Gasteiger partial charge on any atom is 0.408 e. The van der Waals surface area contributed by atoms with Gasteiger partial charge in [0.2, 0.25) is 5.91 Å². The number of carbonyl (C=O) groups excluding carboxylic acids is 3. The zero-order chi connectivity index (χ0) is 27.0. The molecule has 10 nitrogen and oxygen atoms in total. The van der Waals surface area contributed by atoms with E-state index < -0.39 is 48.8 Å². The van der Waals surface area contributed by atoms with Crippen molar-refractivity contribution >= 4 is 35.2 Å². The number of alkyl carbamates (subject to hydrolysis) is 1. The van der Waals surface area contributed by atoms with Crippen LogP contribution in [0.5, 0.6) is 5.75 Å². The van der Waals surface area contributed by atoms with Crippen LogP contribution < -0.4 is 10.6 Å². The summed E-state index contributed by atoms with van der Waals surface area (Å²) in [5, 5.41) is 35.4. The van der Waals surface area contributed by atoms with Crippen LogP contribution in [0.4, 0.5) is 10.5 Å². The first-order valence-corrected chi connectivity index (χ1v) is 11.6. The molecule has 0 aliphatic carbocycles. The number of halogens is 1. The molecule has 0 spiro atoms. The molecule has 0 saturated heterocycles. The average Bonchev–Trinajstić information content (AvgIpc) is 2.79. The molecule has 11 heteroatoms. The minimum absolute atomic E-state index is 0.0652. The first-order valence-electron chi connectivity index (χ1n) is 11.2. The topological polar surface area (TPSA) is 148 Å². The molecular formula is C25H32ClN3O7. The van der Waals surface area contributed by atoms with Gasteiger partial charge in [-0.2, -0.15) is 0 Å². The van der Waals surface area contributed by atoms with Gasteiger partial charge >= 0.3 is 6.09 Å². The number of aliphatic hydroxyl groups excluding tert-OH is 2. The molecule has 0 aliphatic heterocycles. The van der Waals surface area contributed by atoms with Crippen molar-refractivity contribution in [1.29, 1.82) is 0 Å². The molecule has 0 aromatic heterocycles. The fraction of sp³-hybridized carbons (Fsp3) is 0.400. The highest BCUT2D eigenvalue weighted by atomic mass is 35.5. The van der Waals surface area contributed by atoms with E-state index in [1.54, 1.807) is 58.0 Å². The molecule has 0 radical (unpaired) electrons. The Morgan fingerprint density at radius 1 is 1.08 bits per heavy atom. The van der Waals surface area contributed by atoms with Crippen molar-refractivity contribution in [3.05, 3.63) is 58.6 Å². The fourth-order valence-electron chi connectivity index (χ4n) is 3.46. The van der Waals surface area contributed by atoms with Gasteiger partial charge in [-0.15, -0.1) is 0 Å². The maximum atomic E-state index is 13.6. The van der Waals surface area contributed by atoms with Crippen LogP contribution in [0, 0.1) is 6.92 Å². The highest BCUT2D eigenvalue weighted by Gasteiger charge is 2.37. The number of anilines is 1. The van der Waals surface area contributed by atoms with Crippen LogP contribution >= 0.6 is 11.6 Å². The molecule has 2 unspecified atom stereocenters. The molecule has 5 N–H and O–H groups in total. The maximum absolute atomic E-state index is 13.6. The third-order valence-electron chi connectivity index (χ3n) is 5.06. The van der Waals surface area contributed by atoms with Crippen LogP contribution in [0.2, 0.25) is 5.02 Å². The van der Waals surface area contributed by atoms with E-state index in [-0.39, 0.29) is 22.9 Å². The van der Waals surface area contributed by atoms with E-state index >= 15 is 0 Å². The Balaban J connectivity index is 2.49. The lowest BCUT2D eigenvalue weighted by Gasteiger charge is -2.34. The van der Waals surface area contributed by atoms with Crippen molar-refractivity contribution < 1.29 is 34.4 Å². The summed E-state index contributed by atoms with van der Waals surface area (Å²) in [5.74, 6) is -1.88.